The minimum atomic E-state index is -4.05. The zero-order chi connectivity index (χ0) is 27.4. The molecule has 13 heteroatoms. The quantitative estimate of drug-likeness (QED) is 0.338. The van der Waals surface area contributed by atoms with E-state index in [1.165, 1.54) is 22.1 Å². The number of sulfonamides is 1. The Kier molecular flexibility index (Phi) is 8.68. The fourth-order valence-electron chi connectivity index (χ4n) is 4.55. The van der Waals surface area contributed by atoms with E-state index >= 15 is 0 Å². The van der Waals surface area contributed by atoms with Gasteiger partial charge in [-0.05, 0) is 58.6 Å². The van der Waals surface area contributed by atoms with Crippen LogP contribution in [0, 0.1) is 6.92 Å². The van der Waals surface area contributed by atoms with E-state index in [4.69, 9.17) is 14.9 Å². The number of rotatable bonds is 9. The Morgan fingerprint density at radius 3 is 2.66 bits per heavy atom. The van der Waals surface area contributed by atoms with Crippen molar-refractivity contribution in [3.05, 3.63) is 41.2 Å². The summed E-state index contributed by atoms with van der Waals surface area (Å²) in [7, 11) is -4.05. The van der Waals surface area contributed by atoms with Crippen molar-refractivity contribution < 1.29 is 22.3 Å². The number of aromatic nitrogens is 3. The molecule has 0 spiro atoms. The largest absolute Gasteiger partial charge is 0.447 e. The number of halogens is 1. The first-order valence-corrected chi connectivity index (χ1v) is 14.9. The van der Waals surface area contributed by atoms with Crippen molar-refractivity contribution in [3.8, 4) is 10.4 Å². The highest BCUT2D eigenvalue weighted by Crippen LogP contribution is 2.41. The number of primary sulfonamides is 1. The zero-order valence-electron chi connectivity index (χ0n) is 21.6. The SMILES string of the molecule is Cc1nc([C@H]2CC[C@H](NC(=O)OC(C)C)CC2)sc1-c1ccc(Nc2ccn(CCF)n2)cc1S(N)(=O)=O. The van der Waals surface area contributed by atoms with Gasteiger partial charge in [0.05, 0.1) is 33.1 Å². The smallest absolute Gasteiger partial charge is 0.407 e. The maximum Gasteiger partial charge on any atom is 0.407 e. The van der Waals surface area contributed by atoms with Crippen molar-refractivity contribution in [1.29, 1.82) is 0 Å². The predicted molar refractivity (Wildman–Crippen MR) is 145 cm³/mol. The standard InChI is InChI=1S/C25H33FN6O4S2/c1-15(2)36-25(33)30-18-6-4-17(5-7-18)24-28-16(3)23(37-24)20-9-8-19(14-21(20)38(27,34)35)29-22-10-12-32(31-22)13-11-26/h8-10,12,14-15,17-18H,4-7,11,13H2,1-3H3,(H,29,31)(H,30,33)(H2,27,34,35)/t17-,18-. The number of amides is 1. The summed E-state index contributed by atoms with van der Waals surface area (Å²) in [6.07, 6.45) is 4.43. The maximum atomic E-state index is 12.6. The third-order valence-electron chi connectivity index (χ3n) is 6.31. The van der Waals surface area contributed by atoms with Gasteiger partial charge in [-0.2, -0.15) is 5.10 Å². The average Bonchev–Trinajstić information content (AvgIpc) is 3.45. The van der Waals surface area contributed by atoms with E-state index in [0.29, 0.717) is 17.1 Å². The first-order chi connectivity index (χ1) is 18.0. The third kappa shape index (κ3) is 6.88. The van der Waals surface area contributed by atoms with Crippen LogP contribution in [0.1, 0.15) is 56.2 Å². The van der Waals surface area contributed by atoms with Gasteiger partial charge < -0.3 is 15.4 Å². The molecular weight excluding hydrogens is 531 g/mol. The Balaban J connectivity index is 1.51. The molecule has 206 valence electrons. The molecule has 1 amide bonds. The molecule has 3 aromatic rings. The molecule has 1 aliphatic rings. The molecule has 0 radical (unpaired) electrons. The van der Waals surface area contributed by atoms with Crippen LogP contribution >= 0.6 is 11.3 Å². The normalized spacial score (nSPS) is 17.9. The topological polar surface area (TPSA) is 141 Å². The number of nitrogens with two attached hydrogens (primary N) is 1. The van der Waals surface area contributed by atoms with Crippen molar-refractivity contribution in [2.75, 3.05) is 12.0 Å². The highest BCUT2D eigenvalue weighted by atomic mass is 32.2. The van der Waals surface area contributed by atoms with Gasteiger partial charge in [-0.1, -0.05) is 6.07 Å². The molecule has 10 nitrogen and oxygen atoms in total. The lowest BCUT2D eigenvalue weighted by Crippen LogP contribution is -2.38. The minimum absolute atomic E-state index is 0.0134. The van der Waals surface area contributed by atoms with Crippen LogP contribution in [0.2, 0.25) is 0 Å². The van der Waals surface area contributed by atoms with Gasteiger partial charge in [-0.3, -0.25) is 4.68 Å². The van der Waals surface area contributed by atoms with E-state index in [2.05, 4.69) is 15.7 Å². The number of hydrogen-bond donors (Lipinski definition) is 3. The molecule has 0 atom stereocenters. The number of carbonyl (C=O) groups is 1. The first-order valence-electron chi connectivity index (χ1n) is 12.5. The maximum absolute atomic E-state index is 12.6. The molecule has 0 aliphatic heterocycles. The monoisotopic (exact) mass is 564 g/mol. The molecule has 1 fully saturated rings. The van der Waals surface area contributed by atoms with E-state index < -0.39 is 22.8 Å². The average molecular weight is 565 g/mol. The molecule has 0 saturated heterocycles. The van der Waals surface area contributed by atoms with Gasteiger partial charge >= 0.3 is 6.09 Å². The summed E-state index contributed by atoms with van der Waals surface area (Å²) in [6, 6.07) is 6.69. The number of anilines is 2. The number of alkyl carbamates (subject to hydrolysis) is 1. The molecule has 1 aliphatic carbocycles. The lowest BCUT2D eigenvalue weighted by molar-refractivity contribution is 0.109. The number of aryl methyl sites for hydroxylation is 2. The van der Waals surface area contributed by atoms with Crippen LogP contribution < -0.4 is 15.8 Å². The minimum Gasteiger partial charge on any atom is -0.447 e. The van der Waals surface area contributed by atoms with Crippen molar-refractivity contribution in [2.24, 2.45) is 5.14 Å². The Hall–Kier alpha value is -3.03. The first kappa shape index (κ1) is 28.0. The van der Waals surface area contributed by atoms with Gasteiger partial charge in [-0.25, -0.2) is 27.7 Å². The third-order valence-corrected chi connectivity index (χ3v) is 8.62. The van der Waals surface area contributed by atoms with Crippen molar-refractivity contribution >= 4 is 39.0 Å². The van der Waals surface area contributed by atoms with E-state index in [9.17, 15) is 17.6 Å². The van der Waals surface area contributed by atoms with Gasteiger partial charge in [-0.15, -0.1) is 11.3 Å². The summed E-state index contributed by atoms with van der Waals surface area (Å²) in [5.41, 5.74) is 1.72. The van der Waals surface area contributed by atoms with Crippen LogP contribution in [0.4, 0.5) is 20.7 Å². The number of hydrogen-bond acceptors (Lipinski definition) is 8. The molecule has 4 N–H and O–H groups in total. The second-order valence-corrected chi connectivity index (χ2v) is 12.2. The van der Waals surface area contributed by atoms with Gasteiger partial charge in [0.15, 0.2) is 5.82 Å². The van der Waals surface area contributed by atoms with E-state index in [1.54, 1.807) is 24.4 Å². The lowest BCUT2D eigenvalue weighted by Gasteiger charge is -2.28. The molecule has 4 rings (SSSR count). The summed E-state index contributed by atoms with van der Waals surface area (Å²) < 4.78 is 44.3. The molecule has 1 aromatic carbocycles. The zero-order valence-corrected chi connectivity index (χ0v) is 23.2. The molecule has 1 saturated carbocycles. The van der Waals surface area contributed by atoms with Gasteiger partial charge in [0, 0.05) is 35.5 Å². The van der Waals surface area contributed by atoms with Crippen LogP contribution in [-0.4, -0.2) is 48.1 Å². The fourth-order valence-corrected chi connectivity index (χ4v) is 6.66. The van der Waals surface area contributed by atoms with Crippen LogP contribution in [-0.2, 0) is 21.3 Å². The highest BCUT2D eigenvalue weighted by Gasteiger charge is 2.28. The van der Waals surface area contributed by atoms with Gasteiger partial charge in [0.1, 0.15) is 6.67 Å². The second kappa shape index (κ2) is 11.8. The van der Waals surface area contributed by atoms with E-state index in [0.717, 1.165) is 41.3 Å². The van der Waals surface area contributed by atoms with Crippen LogP contribution in [0.15, 0.2) is 35.4 Å². The molecule has 0 bridgehead atoms. The Bertz CT molecular complexity index is 1380. The van der Waals surface area contributed by atoms with Gasteiger partial charge in [0.2, 0.25) is 10.0 Å². The number of benzene rings is 1. The summed E-state index contributed by atoms with van der Waals surface area (Å²) in [5, 5.41) is 16.8. The number of ether oxygens (including phenoxy) is 1. The van der Waals surface area contributed by atoms with Crippen molar-refractivity contribution in [1.82, 2.24) is 20.1 Å². The Morgan fingerprint density at radius 1 is 1.26 bits per heavy atom. The second-order valence-electron chi connectivity index (χ2n) is 9.65. The van der Waals surface area contributed by atoms with Gasteiger partial charge in [0.25, 0.3) is 0 Å². The summed E-state index contributed by atoms with van der Waals surface area (Å²) >= 11 is 1.48. The Labute approximate surface area is 225 Å². The number of alkyl halides is 1. The molecule has 2 aromatic heterocycles. The van der Waals surface area contributed by atoms with Crippen LogP contribution in [0.25, 0.3) is 10.4 Å². The Morgan fingerprint density at radius 2 is 2.00 bits per heavy atom. The van der Waals surface area contributed by atoms with Crippen LogP contribution in [0.3, 0.4) is 0 Å². The molecular formula is C25H33FN6O4S2. The van der Waals surface area contributed by atoms with E-state index in [1.807, 2.05) is 20.8 Å². The predicted octanol–water partition coefficient (Wildman–Crippen LogP) is 4.84. The number of carbonyl (C=O) groups excluding carboxylic acids is 1. The fraction of sp³-hybridized carbons (Fsp3) is 0.480. The summed E-state index contributed by atoms with van der Waals surface area (Å²) in [5.74, 6) is 0.690. The van der Waals surface area contributed by atoms with E-state index in [-0.39, 0.29) is 29.5 Å². The molecule has 2 heterocycles. The number of thiazole rings is 1. The number of nitrogens with one attached hydrogen (secondary N) is 2. The number of nitrogens with zero attached hydrogens (tertiary/aromatic N) is 3. The van der Waals surface area contributed by atoms with Crippen molar-refractivity contribution in [2.45, 2.75) is 76.0 Å². The van der Waals surface area contributed by atoms with Crippen LogP contribution in [0.5, 0.6) is 0 Å². The highest BCUT2D eigenvalue weighted by molar-refractivity contribution is 7.89. The summed E-state index contributed by atoms with van der Waals surface area (Å²) in [6.45, 7) is 5.09. The lowest BCUT2D eigenvalue weighted by atomic mass is 9.86. The molecule has 0 unspecified atom stereocenters. The summed E-state index contributed by atoms with van der Waals surface area (Å²) in [4.78, 5) is 17.4. The van der Waals surface area contributed by atoms with Crippen molar-refractivity contribution in [3.63, 3.8) is 0 Å². The molecule has 38 heavy (non-hydrogen) atoms.